The summed E-state index contributed by atoms with van der Waals surface area (Å²) in [6.45, 7) is 15.9. The lowest BCUT2D eigenvalue weighted by molar-refractivity contribution is -0.124. The van der Waals surface area contributed by atoms with Gasteiger partial charge in [0.15, 0.2) is 0 Å². The molecule has 14 nitrogen and oxygen atoms in total. The van der Waals surface area contributed by atoms with Crippen LogP contribution in [0.5, 0.6) is 0 Å². The molecular weight excluding hydrogens is 650 g/mol. The van der Waals surface area contributed by atoms with Gasteiger partial charge in [0.2, 0.25) is 5.95 Å². The molecule has 2 aliphatic rings. The lowest BCUT2D eigenvalue weighted by atomic mass is 9.77. The molecule has 0 unspecified atom stereocenters. The van der Waals surface area contributed by atoms with Gasteiger partial charge in [-0.1, -0.05) is 23.4 Å². The van der Waals surface area contributed by atoms with E-state index in [4.69, 9.17) is 19.2 Å². The molecule has 1 spiro atoms. The van der Waals surface area contributed by atoms with Gasteiger partial charge < -0.3 is 19.1 Å². The average Bonchev–Trinajstić information content (AvgIpc) is 3.51. The first-order valence-electron chi connectivity index (χ1n) is 17.0. The van der Waals surface area contributed by atoms with Crippen molar-refractivity contribution in [3.8, 4) is 28.7 Å². The Labute approximate surface area is 297 Å². The van der Waals surface area contributed by atoms with Crippen LogP contribution in [0.25, 0.3) is 22.6 Å². The second-order valence-electron chi connectivity index (χ2n) is 15.1. The molecule has 4 aromatic rings. The highest BCUT2D eigenvalue weighted by atomic mass is 16.6. The summed E-state index contributed by atoms with van der Waals surface area (Å²) < 4.78 is 18.3. The Morgan fingerprint density at radius 1 is 0.922 bits per heavy atom. The van der Waals surface area contributed by atoms with E-state index >= 15 is 0 Å². The van der Waals surface area contributed by atoms with Gasteiger partial charge in [-0.05, 0) is 91.1 Å². The SMILES string of the molecule is Cc1c(C#N)cccc1-c1cc(-c2cn(Cc3cccc(N4CCC5(CC4)COC5)n3)nn2)nc(N(C(=O)OC(C)(C)C)C(=O)OC(C)(C)C)n1. The summed E-state index contributed by atoms with van der Waals surface area (Å²) in [6.07, 6.45) is 1.88. The minimum Gasteiger partial charge on any atom is -0.443 e. The van der Waals surface area contributed by atoms with Crippen molar-refractivity contribution in [1.29, 1.82) is 5.26 Å². The highest BCUT2D eigenvalue weighted by Gasteiger charge is 2.41. The average molecular weight is 694 g/mol. The minimum absolute atomic E-state index is 0.282. The van der Waals surface area contributed by atoms with E-state index < -0.39 is 23.4 Å². The first-order valence-corrected chi connectivity index (χ1v) is 17.0. The third-order valence-corrected chi connectivity index (χ3v) is 8.68. The molecular formula is C37H43N9O5. The molecule has 0 atom stereocenters. The van der Waals surface area contributed by atoms with Crippen LogP contribution in [0.3, 0.4) is 0 Å². The fraction of sp³-hybridized carbons (Fsp3) is 0.459. The Kier molecular flexibility index (Phi) is 9.52. The predicted molar refractivity (Wildman–Crippen MR) is 189 cm³/mol. The van der Waals surface area contributed by atoms with E-state index in [2.05, 4.69) is 31.2 Å². The van der Waals surface area contributed by atoms with Crippen LogP contribution in [0.4, 0.5) is 21.4 Å². The van der Waals surface area contributed by atoms with Gasteiger partial charge in [0.05, 0.1) is 54.7 Å². The van der Waals surface area contributed by atoms with E-state index in [-0.39, 0.29) is 11.6 Å². The number of anilines is 2. The minimum atomic E-state index is -1.01. The van der Waals surface area contributed by atoms with Gasteiger partial charge in [-0.25, -0.2) is 29.2 Å². The maximum Gasteiger partial charge on any atom is 0.427 e. The van der Waals surface area contributed by atoms with E-state index in [1.807, 2.05) is 18.2 Å². The summed E-state index contributed by atoms with van der Waals surface area (Å²) in [7, 11) is 0. The molecule has 2 aliphatic heterocycles. The van der Waals surface area contributed by atoms with Crippen LogP contribution >= 0.6 is 0 Å². The van der Waals surface area contributed by atoms with Gasteiger partial charge in [-0.2, -0.15) is 5.26 Å². The van der Waals surface area contributed by atoms with E-state index in [1.165, 1.54) is 0 Å². The summed E-state index contributed by atoms with van der Waals surface area (Å²) in [5.74, 6) is 0.640. The van der Waals surface area contributed by atoms with Crippen LogP contribution in [0.15, 0.2) is 48.7 Å². The van der Waals surface area contributed by atoms with Crippen LogP contribution in [0.1, 0.15) is 71.2 Å². The Bertz CT molecular complexity index is 1950. The number of ether oxygens (including phenoxy) is 3. The summed E-state index contributed by atoms with van der Waals surface area (Å²) in [5, 5.41) is 18.5. The number of aromatic nitrogens is 6. The van der Waals surface area contributed by atoms with Crippen LogP contribution in [0.2, 0.25) is 0 Å². The first kappa shape index (κ1) is 35.4. The van der Waals surface area contributed by atoms with Gasteiger partial charge in [-0.15, -0.1) is 10.00 Å². The van der Waals surface area contributed by atoms with Crippen molar-refractivity contribution in [2.24, 2.45) is 5.41 Å². The zero-order valence-corrected chi connectivity index (χ0v) is 30.1. The van der Waals surface area contributed by atoms with E-state index in [1.54, 1.807) is 83.6 Å². The normalized spacial score (nSPS) is 15.5. The van der Waals surface area contributed by atoms with Crippen molar-refractivity contribution in [3.63, 3.8) is 0 Å². The number of amides is 2. The number of nitrogens with zero attached hydrogens (tertiary/aromatic N) is 9. The van der Waals surface area contributed by atoms with Gasteiger partial charge >= 0.3 is 12.2 Å². The smallest absolute Gasteiger partial charge is 0.427 e. The predicted octanol–water partition coefficient (Wildman–Crippen LogP) is 6.32. The maximum absolute atomic E-state index is 13.6. The number of imide groups is 1. The molecule has 266 valence electrons. The van der Waals surface area contributed by atoms with Crippen LogP contribution < -0.4 is 9.80 Å². The van der Waals surface area contributed by atoms with Crippen LogP contribution in [0, 0.1) is 23.7 Å². The molecule has 0 saturated carbocycles. The number of piperidine rings is 1. The Morgan fingerprint density at radius 2 is 1.57 bits per heavy atom. The Morgan fingerprint density at radius 3 is 2.18 bits per heavy atom. The molecule has 0 bridgehead atoms. The summed E-state index contributed by atoms with van der Waals surface area (Å²) in [6, 6.07) is 15.1. The highest BCUT2D eigenvalue weighted by Crippen LogP contribution is 2.39. The van der Waals surface area contributed by atoms with Crippen molar-refractivity contribution in [1.82, 2.24) is 29.9 Å². The molecule has 2 amide bonds. The van der Waals surface area contributed by atoms with E-state index in [0.717, 1.165) is 50.7 Å². The summed E-state index contributed by atoms with van der Waals surface area (Å²) in [4.78, 5) is 44.3. The molecule has 51 heavy (non-hydrogen) atoms. The third-order valence-electron chi connectivity index (χ3n) is 8.68. The summed E-state index contributed by atoms with van der Waals surface area (Å²) >= 11 is 0. The van der Waals surface area contributed by atoms with E-state index in [0.29, 0.717) is 44.9 Å². The molecule has 2 fully saturated rings. The molecule has 0 N–H and O–H groups in total. The summed E-state index contributed by atoms with van der Waals surface area (Å²) in [5.41, 5.74) is 1.98. The molecule has 0 aliphatic carbocycles. The monoisotopic (exact) mass is 693 g/mol. The van der Waals surface area contributed by atoms with Crippen molar-refractivity contribution >= 4 is 24.0 Å². The first-order chi connectivity index (χ1) is 24.1. The number of benzene rings is 1. The van der Waals surface area contributed by atoms with Gasteiger partial charge in [0.25, 0.3) is 0 Å². The largest absolute Gasteiger partial charge is 0.443 e. The number of carbonyl (C=O) groups is 2. The van der Waals surface area contributed by atoms with Gasteiger partial charge in [-0.3, -0.25) is 0 Å². The number of hydrogen-bond donors (Lipinski definition) is 0. The quantitative estimate of drug-likeness (QED) is 0.221. The second kappa shape index (κ2) is 13.7. The number of nitriles is 1. The zero-order chi connectivity index (χ0) is 36.6. The number of hydrogen-bond acceptors (Lipinski definition) is 12. The maximum atomic E-state index is 13.6. The topological polar surface area (TPSA) is 161 Å². The Balaban J connectivity index is 1.35. The standard InChI is InChI=1S/C37H43N9O5/c1-24-25(19-38)10-8-12-27(24)28-18-29(41-32(40-28)46(33(47)50-35(2,3)4)34(48)51-36(5,6)7)30-21-45(43-42-30)20-26-11-9-13-31(39-26)44-16-14-37(15-17-44)22-49-23-37/h8-13,18,21H,14-17,20,22-23H2,1-7H3. The van der Waals surface area contributed by atoms with E-state index in [9.17, 15) is 14.9 Å². The molecule has 5 heterocycles. The number of pyridine rings is 1. The van der Waals surface area contributed by atoms with Gasteiger partial charge in [0.1, 0.15) is 22.7 Å². The molecule has 3 aromatic heterocycles. The van der Waals surface area contributed by atoms with Crippen molar-refractivity contribution in [2.75, 3.05) is 36.1 Å². The second-order valence-corrected chi connectivity index (χ2v) is 15.1. The van der Waals surface area contributed by atoms with Crippen LogP contribution in [-0.2, 0) is 20.8 Å². The molecule has 6 rings (SSSR count). The fourth-order valence-electron chi connectivity index (χ4n) is 5.97. The zero-order valence-electron chi connectivity index (χ0n) is 30.1. The molecule has 2 saturated heterocycles. The molecule has 0 radical (unpaired) electrons. The van der Waals surface area contributed by atoms with Gasteiger partial charge in [0, 0.05) is 24.1 Å². The molecule has 14 heteroatoms. The van der Waals surface area contributed by atoms with Crippen molar-refractivity contribution in [2.45, 2.75) is 79.1 Å². The number of rotatable bonds is 6. The third kappa shape index (κ3) is 8.15. The Hall–Kier alpha value is -5.42. The fourth-order valence-corrected chi connectivity index (χ4v) is 5.97. The molecule has 1 aromatic carbocycles. The lowest BCUT2D eigenvalue weighted by Crippen LogP contribution is -2.51. The number of carbonyl (C=O) groups excluding carboxylic acids is 2. The van der Waals surface area contributed by atoms with Crippen molar-refractivity contribution < 1.29 is 23.8 Å². The lowest BCUT2D eigenvalue weighted by Gasteiger charge is -2.47. The van der Waals surface area contributed by atoms with Crippen LogP contribution in [-0.4, -0.2) is 79.6 Å². The highest BCUT2D eigenvalue weighted by molar-refractivity contribution is 6.08. The van der Waals surface area contributed by atoms with Crippen molar-refractivity contribution in [3.05, 3.63) is 65.5 Å².